The van der Waals surface area contributed by atoms with Crippen LogP contribution in [0.4, 0.5) is 0 Å². The van der Waals surface area contributed by atoms with Crippen molar-refractivity contribution in [3.8, 4) is 0 Å². The summed E-state index contributed by atoms with van der Waals surface area (Å²) < 4.78 is 10.9. The quantitative estimate of drug-likeness (QED) is 0.0828. The zero-order chi connectivity index (χ0) is 42.9. The summed E-state index contributed by atoms with van der Waals surface area (Å²) in [5.41, 5.74) is 6.43. The van der Waals surface area contributed by atoms with Crippen LogP contribution in [0.3, 0.4) is 0 Å². The minimum Gasteiger partial charge on any atom is -0.481 e. The maximum Gasteiger partial charge on any atom is 0.307 e. The number of hydrogen-bond donors (Lipinski definition) is 1. The molecule has 2 aliphatic carbocycles. The van der Waals surface area contributed by atoms with Crippen molar-refractivity contribution in [2.45, 2.75) is 120 Å². The van der Waals surface area contributed by atoms with Crippen LogP contribution in [0.15, 0.2) is 142 Å². The molecule has 1 N–H and O–H groups in total. The maximum absolute atomic E-state index is 13.0. The minimum atomic E-state index is -1.09. The molecule has 0 saturated heterocycles. The molecule has 2 atom stereocenters. The maximum atomic E-state index is 13.0. The molecule has 2 aliphatic rings. The number of carboxylic acid groups (broad SMARTS) is 1. The van der Waals surface area contributed by atoms with E-state index in [2.05, 4.69) is 20.4 Å². The molecule has 8 heteroatoms. The first kappa shape index (κ1) is 47.8. The molecular formula is C49H62O8. The number of carbonyl (C=O) groups is 5. The first-order chi connectivity index (χ1) is 26.7. The van der Waals surface area contributed by atoms with Gasteiger partial charge in [-0.25, -0.2) is 0 Å². The van der Waals surface area contributed by atoms with Gasteiger partial charge in [0.25, 0.3) is 0 Å². The zero-order valence-electron chi connectivity index (χ0n) is 35.6. The lowest BCUT2D eigenvalue weighted by Gasteiger charge is -2.36. The van der Waals surface area contributed by atoms with E-state index in [1.807, 2.05) is 127 Å². The molecule has 2 unspecified atom stereocenters. The van der Waals surface area contributed by atoms with Crippen molar-refractivity contribution in [3.63, 3.8) is 0 Å². The van der Waals surface area contributed by atoms with Crippen LogP contribution < -0.4 is 0 Å². The molecule has 0 aromatic rings. The highest BCUT2D eigenvalue weighted by atomic mass is 16.6. The van der Waals surface area contributed by atoms with E-state index in [4.69, 9.17) is 14.6 Å². The lowest BCUT2D eigenvalue weighted by Crippen LogP contribution is -2.39. The molecule has 0 fully saturated rings. The Morgan fingerprint density at radius 3 is 1.39 bits per heavy atom. The molecule has 8 nitrogen and oxygen atoms in total. The largest absolute Gasteiger partial charge is 0.481 e. The Morgan fingerprint density at radius 1 is 0.632 bits per heavy atom. The SMILES string of the molecule is C=CCCC(=O)OC1CC(C)(C)C(/C=C/C(C)=C/C=C/C(C)=C/C=C/C=C(C)/C=C/C=C(C)/C=C/C2=C(C)C(=O)C(OC(=O)CCC(=O)O)CC2(C)C)=C(C)C1=O. The number of ether oxygens (including phenoxy) is 2. The van der Waals surface area contributed by atoms with E-state index in [1.165, 1.54) is 0 Å². The molecule has 0 spiro atoms. The zero-order valence-corrected chi connectivity index (χ0v) is 35.6. The topological polar surface area (TPSA) is 124 Å². The van der Waals surface area contributed by atoms with Gasteiger partial charge in [-0.2, -0.15) is 0 Å². The monoisotopic (exact) mass is 778 g/mol. The number of carboxylic acids is 1. The Hall–Kier alpha value is -5.37. The Bertz CT molecular complexity index is 1910. The predicted molar refractivity (Wildman–Crippen MR) is 229 cm³/mol. The number of carbonyl (C=O) groups excluding carboxylic acids is 4. The number of aliphatic carboxylic acids is 1. The lowest BCUT2D eigenvalue weighted by atomic mass is 9.71. The van der Waals surface area contributed by atoms with Gasteiger partial charge in [0.15, 0.2) is 23.8 Å². The number of ketones is 2. The fraction of sp³-hybridized carbons (Fsp3) is 0.408. The van der Waals surface area contributed by atoms with E-state index in [-0.39, 0.29) is 42.2 Å². The Kier molecular flexibility index (Phi) is 18.8. The van der Waals surface area contributed by atoms with Gasteiger partial charge in [0, 0.05) is 19.3 Å². The fourth-order valence-corrected chi connectivity index (χ4v) is 6.62. The van der Waals surface area contributed by atoms with Gasteiger partial charge >= 0.3 is 17.9 Å². The summed E-state index contributed by atoms with van der Waals surface area (Å²) in [6.07, 6.45) is 28.9. The number of hydrogen-bond acceptors (Lipinski definition) is 7. The van der Waals surface area contributed by atoms with Gasteiger partial charge in [-0.1, -0.05) is 141 Å². The van der Waals surface area contributed by atoms with Gasteiger partial charge in [0.1, 0.15) is 0 Å². The number of esters is 2. The van der Waals surface area contributed by atoms with Crippen LogP contribution in [0, 0.1) is 10.8 Å². The third-order valence-electron chi connectivity index (χ3n) is 9.92. The van der Waals surface area contributed by atoms with Crippen molar-refractivity contribution in [2.75, 3.05) is 0 Å². The predicted octanol–water partition coefficient (Wildman–Crippen LogP) is 10.8. The van der Waals surface area contributed by atoms with Crippen LogP contribution in [0.1, 0.15) is 108 Å². The van der Waals surface area contributed by atoms with Crippen LogP contribution in [0.5, 0.6) is 0 Å². The molecule has 306 valence electrons. The van der Waals surface area contributed by atoms with Crippen molar-refractivity contribution >= 4 is 29.5 Å². The normalized spacial score (nSPS) is 21.2. The van der Waals surface area contributed by atoms with Gasteiger partial charge in [-0.05, 0) is 81.1 Å². The lowest BCUT2D eigenvalue weighted by molar-refractivity contribution is -0.157. The third kappa shape index (κ3) is 16.0. The van der Waals surface area contributed by atoms with Crippen molar-refractivity contribution in [2.24, 2.45) is 10.8 Å². The molecule has 0 aromatic carbocycles. The van der Waals surface area contributed by atoms with Crippen molar-refractivity contribution in [1.82, 2.24) is 0 Å². The van der Waals surface area contributed by atoms with E-state index >= 15 is 0 Å². The molecule has 0 amide bonds. The Labute approximate surface area is 340 Å². The standard InChI is InChI=1S/C49H62O8/c1-12-13-24-44(52)56-41-31-48(8,9)39(37(6)46(41)54)27-25-35(4)22-16-20-33(2)18-14-15-19-34(3)21-17-23-36(5)26-28-40-38(7)47(55)42(32-49(40,10)11)57-45(53)30-29-43(50)51/h12,14-23,25-28,41-42H,1,13,24,29-32H2,2-11H3,(H,50,51)/b15-14+,20-16+,21-17+,27-25+,28-26+,33-18+,34-19+,35-22+,36-23+. The highest BCUT2D eigenvalue weighted by Gasteiger charge is 2.41. The summed E-state index contributed by atoms with van der Waals surface area (Å²) in [6, 6.07) is 0. The molecule has 0 aromatic heterocycles. The van der Waals surface area contributed by atoms with Gasteiger partial charge in [0.05, 0.1) is 12.8 Å². The van der Waals surface area contributed by atoms with E-state index < -0.39 is 29.6 Å². The first-order valence-electron chi connectivity index (χ1n) is 19.5. The van der Waals surface area contributed by atoms with Crippen LogP contribution in [0.25, 0.3) is 0 Å². The molecule has 0 saturated carbocycles. The molecule has 0 heterocycles. The number of rotatable bonds is 18. The smallest absolute Gasteiger partial charge is 0.307 e. The summed E-state index contributed by atoms with van der Waals surface area (Å²) in [6.45, 7) is 23.4. The molecule has 0 bridgehead atoms. The van der Waals surface area contributed by atoms with E-state index in [0.717, 1.165) is 33.4 Å². The average molecular weight is 779 g/mol. The second-order valence-corrected chi connectivity index (χ2v) is 16.1. The highest BCUT2D eigenvalue weighted by molar-refractivity contribution is 6.02. The second kappa shape index (κ2) is 22.4. The third-order valence-corrected chi connectivity index (χ3v) is 9.92. The molecular weight excluding hydrogens is 717 g/mol. The fourth-order valence-electron chi connectivity index (χ4n) is 6.62. The molecule has 2 rings (SSSR count). The van der Waals surface area contributed by atoms with Crippen LogP contribution >= 0.6 is 0 Å². The summed E-state index contributed by atoms with van der Waals surface area (Å²) in [7, 11) is 0. The summed E-state index contributed by atoms with van der Waals surface area (Å²) in [5, 5.41) is 8.81. The van der Waals surface area contributed by atoms with Gasteiger partial charge < -0.3 is 14.6 Å². The van der Waals surface area contributed by atoms with Gasteiger partial charge in [0.2, 0.25) is 0 Å². The number of allylic oxidation sites excluding steroid dienone is 21. The van der Waals surface area contributed by atoms with E-state index in [0.29, 0.717) is 30.4 Å². The average Bonchev–Trinajstić information content (AvgIpc) is 3.12. The van der Waals surface area contributed by atoms with E-state index in [1.54, 1.807) is 19.9 Å². The Morgan fingerprint density at radius 2 is 1.00 bits per heavy atom. The van der Waals surface area contributed by atoms with Crippen LogP contribution in [0.2, 0.25) is 0 Å². The molecule has 57 heavy (non-hydrogen) atoms. The summed E-state index contributed by atoms with van der Waals surface area (Å²) >= 11 is 0. The molecule has 0 aliphatic heterocycles. The van der Waals surface area contributed by atoms with Gasteiger partial charge in [-0.15, -0.1) is 6.58 Å². The second-order valence-electron chi connectivity index (χ2n) is 16.1. The van der Waals surface area contributed by atoms with Crippen molar-refractivity contribution < 1.29 is 38.6 Å². The van der Waals surface area contributed by atoms with Crippen LogP contribution in [-0.2, 0) is 33.4 Å². The minimum absolute atomic E-state index is 0.139. The highest BCUT2D eigenvalue weighted by Crippen LogP contribution is 2.42. The Balaban J connectivity index is 1.97. The van der Waals surface area contributed by atoms with Crippen molar-refractivity contribution in [1.29, 1.82) is 0 Å². The number of Topliss-reactive ketones (excluding diaryl/α,β-unsaturated/α-hetero) is 2. The summed E-state index contributed by atoms with van der Waals surface area (Å²) in [4.78, 5) is 61.0. The van der Waals surface area contributed by atoms with E-state index in [9.17, 15) is 24.0 Å². The molecule has 0 radical (unpaired) electrons. The van der Waals surface area contributed by atoms with Gasteiger partial charge in [-0.3, -0.25) is 24.0 Å². The first-order valence-corrected chi connectivity index (χ1v) is 19.5. The van der Waals surface area contributed by atoms with Crippen molar-refractivity contribution in [3.05, 3.63) is 142 Å². The summed E-state index contributed by atoms with van der Waals surface area (Å²) in [5.74, 6) is -2.54. The van der Waals surface area contributed by atoms with Crippen LogP contribution in [-0.4, -0.2) is 46.8 Å².